The van der Waals surface area contributed by atoms with E-state index in [-0.39, 0.29) is 5.91 Å². The van der Waals surface area contributed by atoms with E-state index in [9.17, 15) is 4.79 Å². The molecule has 1 amide bonds. The first-order valence-corrected chi connectivity index (χ1v) is 7.66. The molecule has 0 aliphatic heterocycles. The first-order chi connectivity index (χ1) is 9.69. The Balaban J connectivity index is 1.97. The van der Waals surface area contributed by atoms with Crippen LogP contribution in [0.25, 0.3) is 0 Å². The minimum Gasteiger partial charge on any atom is -0.267 e. The average molecular weight is 351 g/mol. The molecule has 1 N–H and O–H groups in total. The second kappa shape index (κ2) is 7.16. The van der Waals surface area contributed by atoms with Crippen LogP contribution in [0.4, 0.5) is 0 Å². The van der Waals surface area contributed by atoms with E-state index in [1.807, 2.05) is 12.3 Å². The molecule has 0 aliphatic rings. The highest BCUT2D eigenvalue weighted by molar-refractivity contribution is 9.10. The number of carbonyl (C=O) groups is 1. The van der Waals surface area contributed by atoms with Gasteiger partial charge in [-0.25, -0.2) is 15.4 Å². The number of thioether (sulfide) groups is 1. The lowest BCUT2D eigenvalue weighted by atomic mass is 10.2. The molecule has 1 aromatic carbocycles. The van der Waals surface area contributed by atoms with Gasteiger partial charge in [-0.3, -0.25) is 4.79 Å². The molecule has 20 heavy (non-hydrogen) atoms. The van der Waals surface area contributed by atoms with Crippen LogP contribution in [0.3, 0.4) is 0 Å². The number of rotatable bonds is 4. The van der Waals surface area contributed by atoms with Gasteiger partial charge < -0.3 is 0 Å². The minimum absolute atomic E-state index is 0.274. The molecule has 5 nitrogen and oxygen atoms in total. The van der Waals surface area contributed by atoms with Gasteiger partial charge in [-0.1, -0.05) is 33.8 Å². The molecular weight excluding hydrogens is 340 g/mol. The molecule has 2 rings (SSSR count). The predicted octanol–water partition coefficient (Wildman–Crippen LogP) is 2.72. The quantitative estimate of drug-likeness (QED) is 0.398. The number of aromatic nitrogens is 2. The van der Waals surface area contributed by atoms with Crippen molar-refractivity contribution in [1.82, 2.24) is 15.4 Å². The molecule has 0 radical (unpaired) electrons. The molecule has 1 aromatic heterocycles. The predicted molar refractivity (Wildman–Crippen MR) is 83.0 cm³/mol. The Morgan fingerprint density at radius 3 is 2.80 bits per heavy atom. The highest BCUT2D eigenvalue weighted by Gasteiger charge is 2.03. The summed E-state index contributed by atoms with van der Waals surface area (Å²) in [5, 5.41) is 4.57. The highest BCUT2D eigenvalue weighted by atomic mass is 79.9. The molecule has 0 aliphatic carbocycles. The second-order valence-electron chi connectivity index (χ2n) is 3.71. The van der Waals surface area contributed by atoms with Crippen LogP contribution in [-0.4, -0.2) is 28.3 Å². The van der Waals surface area contributed by atoms with Gasteiger partial charge >= 0.3 is 0 Å². The maximum absolute atomic E-state index is 11.8. The summed E-state index contributed by atoms with van der Waals surface area (Å²) < 4.78 is 0.843. The monoisotopic (exact) mass is 350 g/mol. The van der Waals surface area contributed by atoms with Crippen molar-refractivity contribution in [2.75, 3.05) is 6.26 Å². The second-order valence-corrected chi connectivity index (χ2v) is 5.40. The summed E-state index contributed by atoms with van der Waals surface area (Å²) in [7, 11) is 0. The number of nitrogens with one attached hydrogen (secondary N) is 1. The van der Waals surface area contributed by atoms with Crippen LogP contribution in [0.15, 0.2) is 51.4 Å². The number of nitrogens with zero attached hydrogens (tertiary/aromatic N) is 3. The van der Waals surface area contributed by atoms with Gasteiger partial charge in [0.1, 0.15) is 0 Å². The molecule has 0 fully saturated rings. The molecule has 0 bridgehead atoms. The van der Waals surface area contributed by atoms with Crippen molar-refractivity contribution in [2.45, 2.75) is 5.16 Å². The Morgan fingerprint density at radius 2 is 2.15 bits per heavy atom. The van der Waals surface area contributed by atoms with Crippen LogP contribution in [0, 0.1) is 0 Å². The molecule has 2 aromatic rings. The normalized spacial score (nSPS) is 10.7. The van der Waals surface area contributed by atoms with Crippen molar-refractivity contribution in [3.8, 4) is 0 Å². The Morgan fingerprint density at radius 1 is 1.40 bits per heavy atom. The molecule has 0 saturated heterocycles. The first-order valence-electron chi connectivity index (χ1n) is 5.64. The summed E-state index contributed by atoms with van der Waals surface area (Å²) in [6.07, 6.45) is 6.70. The SMILES string of the molecule is CSc1ncc(/C=N\NC(=O)c2cccc(Br)c2)cn1. The number of carbonyl (C=O) groups excluding carboxylic acids is 1. The number of amides is 1. The topological polar surface area (TPSA) is 67.2 Å². The third-order valence-electron chi connectivity index (χ3n) is 2.30. The number of hydrogen-bond donors (Lipinski definition) is 1. The van der Waals surface area contributed by atoms with E-state index in [2.05, 4.69) is 36.4 Å². The summed E-state index contributed by atoms with van der Waals surface area (Å²) in [5.74, 6) is -0.274. The lowest BCUT2D eigenvalue weighted by Crippen LogP contribution is -2.17. The summed E-state index contributed by atoms with van der Waals surface area (Å²) >= 11 is 4.78. The smallest absolute Gasteiger partial charge is 0.267 e. The van der Waals surface area contributed by atoms with Crippen molar-refractivity contribution < 1.29 is 4.79 Å². The van der Waals surface area contributed by atoms with Crippen LogP contribution >= 0.6 is 27.7 Å². The Kier molecular flexibility index (Phi) is 5.25. The highest BCUT2D eigenvalue weighted by Crippen LogP contribution is 2.11. The molecule has 7 heteroatoms. The van der Waals surface area contributed by atoms with Crippen molar-refractivity contribution in [2.24, 2.45) is 5.10 Å². The largest absolute Gasteiger partial charge is 0.271 e. The van der Waals surface area contributed by atoms with E-state index in [0.29, 0.717) is 10.7 Å². The number of hydrazone groups is 1. The number of halogens is 1. The zero-order chi connectivity index (χ0) is 14.4. The molecule has 0 spiro atoms. The fourth-order valence-corrected chi connectivity index (χ4v) is 2.07. The van der Waals surface area contributed by atoms with Gasteiger partial charge in [-0.05, 0) is 24.5 Å². The molecule has 102 valence electrons. The van der Waals surface area contributed by atoms with Crippen LogP contribution < -0.4 is 5.43 Å². The molecule has 1 heterocycles. The van der Waals surface area contributed by atoms with Gasteiger partial charge in [0, 0.05) is 28.0 Å². The zero-order valence-electron chi connectivity index (χ0n) is 10.6. The summed E-state index contributed by atoms with van der Waals surface area (Å²) in [6, 6.07) is 7.08. The van der Waals surface area contributed by atoms with Gasteiger partial charge in [0.2, 0.25) is 0 Å². The van der Waals surface area contributed by atoms with E-state index >= 15 is 0 Å². The van der Waals surface area contributed by atoms with Gasteiger partial charge in [0.25, 0.3) is 5.91 Å². The van der Waals surface area contributed by atoms with Crippen LogP contribution in [0.2, 0.25) is 0 Å². The number of benzene rings is 1. The van der Waals surface area contributed by atoms with Gasteiger partial charge in [0.15, 0.2) is 5.16 Å². The van der Waals surface area contributed by atoms with Crippen molar-refractivity contribution in [3.05, 3.63) is 52.3 Å². The molecule has 0 atom stereocenters. The van der Waals surface area contributed by atoms with E-state index in [1.165, 1.54) is 18.0 Å². The Hall–Kier alpha value is -1.73. The third-order valence-corrected chi connectivity index (χ3v) is 3.37. The Labute approximate surface area is 129 Å². The summed E-state index contributed by atoms with van der Waals surface area (Å²) in [6.45, 7) is 0. The van der Waals surface area contributed by atoms with E-state index in [4.69, 9.17) is 0 Å². The minimum atomic E-state index is -0.274. The Bertz CT molecular complexity index is 631. The van der Waals surface area contributed by atoms with Crippen LogP contribution in [0.5, 0.6) is 0 Å². The van der Waals surface area contributed by atoms with E-state index in [1.54, 1.807) is 30.6 Å². The first kappa shape index (κ1) is 14.7. The van der Waals surface area contributed by atoms with E-state index in [0.717, 1.165) is 10.0 Å². The van der Waals surface area contributed by atoms with Gasteiger partial charge in [-0.2, -0.15) is 5.10 Å². The van der Waals surface area contributed by atoms with Crippen molar-refractivity contribution in [1.29, 1.82) is 0 Å². The lowest BCUT2D eigenvalue weighted by Gasteiger charge is -2.00. The van der Waals surface area contributed by atoms with Crippen molar-refractivity contribution in [3.63, 3.8) is 0 Å². The third kappa shape index (κ3) is 4.14. The van der Waals surface area contributed by atoms with Crippen LogP contribution in [0.1, 0.15) is 15.9 Å². The summed E-state index contributed by atoms with van der Waals surface area (Å²) in [4.78, 5) is 20.0. The van der Waals surface area contributed by atoms with Crippen LogP contribution in [-0.2, 0) is 0 Å². The lowest BCUT2D eigenvalue weighted by molar-refractivity contribution is 0.0955. The molecule has 0 saturated carbocycles. The zero-order valence-corrected chi connectivity index (χ0v) is 13.0. The average Bonchev–Trinajstić information content (AvgIpc) is 2.48. The maximum Gasteiger partial charge on any atom is 0.271 e. The van der Waals surface area contributed by atoms with E-state index < -0.39 is 0 Å². The van der Waals surface area contributed by atoms with Crippen molar-refractivity contribution >= 4 is 39.8 Å². The standard InChI is InChI=1S/C13H11BrN4OS/c1-20-13-15-6-9(7-16-13)8-17-18-12(19)10-3-2-4-11(14)5-10/h2-8H,1H3,(H,18,19)/b17-8-. The fraction of sp³-hybridized carbons (Fsp3) is 0.0769. The van der Waals surface area contributed by atoms with Gasteiger partial charge in [0.05, 0.1) is 6.21 Å². The number of hydrogen-bond acceptors (Lipinski definition) is 5. The molecular formula is C13H11BrN4OS. The molecule has 0 unspecified atom stereocenters. The summed E-state index contributed by atoms with van der Waals surface area (Å²) in [5.41, 5.74) is 3.70. The van der Waals surface area contributed by atoms with Gasteiger partial charge in [-0.15, -0.1) is 0 Å². The fourth-order valence-electron chi connectivity index (χ4n) is 1.36. The maximum atomic E-state index is 11.8.